The number of amides is 2. The molecule has 0 aliphatic heterocycles. The maximum atomic E-state index is 12.5. The van der Waals surface area contributed by atoms with Gasteiger partial charge in [0.25, 0.3) is 0 Å². The molecule has 0 radical (unpaired) electrons. The second-order valence-electron chi connectivity index (χ2n) is 5.46. The molecule has 0 unspecified atom stereocenters. The van der Waals surface area contributed by atoms with Crippen LogP contribution in [0.3, 0.4) is 0 Å². The largest absolute Gasteiger partial charge is 0.341 e. The molecule has 2 aromatic rings. The van der Waals surface area contributed by atoms with Crippen LogP contribution >= 0.6 is 11.8 Å². The van der Waals surface area contributed by atoms with E-state index < -0.39 is 26.5 Å². The molecule has 26 heavy (non-hydrogen) atoms. The molecular weight excluding hydrogens is 382 g/mol. The SMILES string of the molecule is CSc1ccc(CN(C)C(=O)Nc2ccc(S(=O)(=O)C(F)F)cc2)cc1. The number of nitrogens with zero attached hydrogens (tertiary/aromatic N) is 1. The quantitative estimate of drug-likeness (QED) is 0.743. The monoisotopic (exact) mass is 400 g/mol. The molecule has 0 saturated heterocycles. The van der Waals surface area contributed by atoms with Gasteiger partial charge < -0.3 is 10.2 Å². The van der Waals surface area contributed by atoms with Crippen LogP contribution in [-0.4, -0.2) is 38.4 Å². The highest BCUT2D eigenvalue weighted by molar-refractivity contribution is 7.98. The van der Waals surface area contributed by atoms with Crippen LogP contribution in [0.15, 0.2) is 58.3 Å². The van der Waals surface area contributed by atoms with E-state index in [0.29, 0.717) is 12.2 Å². The van der Waals surface area contributed by atoms with E-state index in [0.717, 1.165) is 22.6 Å². The highest BCUT2D eigenvalue weighted by atomic mass is 32.2. The summed E-state index contributed by atoms with van der Waals surface area (Å²) in [6, 6.07) is 12.0. The van der Waals surface area contributed by atoms with Crippen molar-refractivity contribution in [2.75, 3.05) is 18.6 Å². The first-order chi connectivity index (χ1) is 12.2. The number of urea groups is 1. The van der Waals surface area contributed by atoms with Crippen LogP contribution in [-0.2, 0) is 16.4 Å². The van der Waals surface area contributed by atoms with Crippen molar-refractivity contribution in [1.82, 2.24) is 4.90 Å². The summed E-state index contributed by atoms with van der Waals surface area (Å²) < 4.78 is 47.8. The Balaban J connectivity index is 2.00. The lowest BCUT2D eigenvalue weighted by atomic mass is 10.2. The van der Waals surface area contributed by atoms with E-state index in [1.54, 1.807) is 18.8 Å². The van der Waals surface area contributed by atoms with Crippen LogP contribution in [0.2, 0.25) is 0 Å². The van der Waals surface area contributed by atoms with E-state index in [4.69, 9.17) is 0 Å². The Bertz CT molecular complexity index is 855. The normalized spacial score (nSPS) is 11.4. The van der Waals surface area contributed by atoms with Gasteiger partial charge in [-0.15, -0.1) is 11.8 Å². The van der Waals surface area contributed by atoms with Crippen molar-refractivity contribution in [3.63, 3.8) is 0 Å². The molecule has 2 amide bonds. The Hall–Kier alpha value is -2.13. The first kappa shape index (κ1) is 20.2. The fourth-order valence-corrected chi connectivity index (χ4v) is 3.26. The second-order valence-corrected chi connectivity index (χ2v) is 8.26. The van der Waals surface area contributed by atoms with Gasteiger partial charge in [-0.25, -0.2) is 13.2 Å². The molecule has 140 valence electrons. The van der Waals surface area contributed by atoms with Crippen molar-refractivity contribution < 1.29 is 22.0 Å². The van der Waals surface area contributed by atoms with Crippen LogP contribution in [0.1, 0.15) is 5.56 Å². The van der Waals surface area contributed by atoms with Crippen molar-refractivity contribution >= 4 is 33.3 Å². The molecule has 9 heteroatoms. The molecule has 0 atom stereocenters. The zero-order valence-corrected chi connectivity index (χ0v) is 15.8. The van der Waals surface area contributed by atoms with Gasteiger partial charge in [0.15, 0.2) is 0 Å². The van der Waals surface area contributed by atoms with E-state index in [1.807, 2.05) is 30.5 Å². The molecule has 0 fully saturated rings. The number of rotatable bonds is 6. The molecule has 0 aliphatic rings. The highest BCUT2D eigenvalue weighted by Gasteiger charge is 2.26. The van der Waals surface area contributed by atoms with E-state index in [-0.39, 0.29) is 0 Å². The summed E-state index contributed by atoms with van der Waals surface area (Å²) in [5.74, 6) is -3.48. The zero-order chi connectivity index (χ0) is 19.3. The van der Waals surface area contributed by atoms with Crippen LogP contribution in [0.5, 0.6) is 0 Å². The Kier molecular flexibility index (Phi) is 6.60. The van der Waals surface area contributed by atoms with Crippen molar-refractivity contribution in [3.05, 3.63) is 54.1 Å². The summed E-state index contributed by atoms with van der Waals surface area (Å²) in [6.07, 6.45) is 1.98. The number of carbonyl (C=O) groups is 1. The van der Waals surface area contributed by atoms with Crippen LogP contribution in [0, 0.1) is 0 Å². The average Bonchev–Trinajstić information content (AvgIpc) is 2.62. The molecule has 2 rings (SSSR count). The summed E-state index contributed by atoms with van der Waals surface area (Å²) in [5.41, 5.74) is 1.27. The Morgan fingerprint density at radius 1 is 1.12 bits per heavy atom. The van der Waals surface area contributed by atoms with E-state index >= 15 is 0 Å². The Morgan fingerprint density at radius 3 is 2.19 bits per heavy atom. The predicted octanol–water partition coefficient (Wildman–Crippen LogP) is 4.07. The number of halogens is 2. The van der Waals surface area contributed by atoms with Crippen LogP contribution < -0.4 is 5.32 Å². The van der Waals surface area contributed by atoms with Gasteiger partial charge >= 0.3 is 11.8 Å². The molecule has 0 saturated carbocycles. The minimum absolute atomic E-state index is 0.313. The average molecular weight is 400 g/mol. The molecule has 0 spiro atoms. The number of alkyl halides is 2. The third kappa shape index (κ3) is 4.95. The van der Waals surface area contributed by atoms with Crippen molar-refractivity contribution in [3.8, 4) is 0 Å². The maximum Gasteiger partial charge on any atom is 0.341 e. The fraction of sp³-hybridized carbons (Fsp3) is 0.235. The fourth-order valence-electron chi connectivity index (χ4n) is 2.13. The summed E-state index contributed by atoms with van der Waals surface area (Å²) >= 11 is 1.63. The summed E-state index contributed by atoms with van der Waals surface area (Å²) in [7, 11) is -3.02. The number of thioether (sulfide) groups is 1. The van der Waals surface area contributed by atoms with Crippen molar-refractivity contribution in [2.45, 2.75) is 22.1 Å². The number of anilines is 1. The van der Waals surface area contributed by atoms with Gasteiger partial charge in [-0.05, 0) is 48.2 Å². The topological polar surface area (TPSA) is 66.5 Å². The summed E-state index contributed by atoms with van der Waals surface area (Å²) in [4.78, 5) is 14.3. The van der Waals surface area contributed by atoms with Gasteiger partial charge in [-0.3, -0.25) is 0 Å². The number of nitrogens with one attached hydrogen (secondary N) is 1. The summed E-state index contributed by atoms with van der Waals surface area (Å²) in [6.45, 7) is 0.387. The number of hydrogen-bond acceptors (Lipinski definition) is 4. The summed E-state index contributed by atoms with van der Waals surface area (Å²) in [5, 5.41) is 2.59. The molecule has 2 aromatic carbocycles. The molecule has 0 aromatic heterocycles. The predicted molar refractivity (Wildman–Crippen MR) is 98.3 cm³/mol. The Morgan fingerprint density at radius 2 is 1.69 bits per heavy atom. The van der Waals surface area contributed by atoms with Gasteiger partial charge in [-0.2, -0.15) is 8.78 Å². The highest BCUT2D eigenvalue weighted by Crippen LogP contribution is 2.20. The molecule has 0 bridgehead atoms. The Labute approximate surface area is 155 Å². The third-order valence-corrected chi connectivity index (χ3v) is 5.74. The lowest BCUT2D eigenvalue weighted by molar-refractivity contribution is 0.220. The molecule has 0 aliphatic carbocycles. The van der Waals surface area contributed by atoms with Crippen LogP contribution in [0.25, 0.3) is 0 Å². The molecule has 5 nitrogen and oxygen atoms in total. The van der Waals surface area contributed by atoms with Gasteiger partial charge in [0.05, 0.1) is 4.90 Å². The van der Waals surface area contributed by atoms with Crippen molar-refractivity contribution in [1.29, 1.82) is 0 Å². The van der Waals surface area contributed by atoms with E-state index in [2.05, 4.69) is 5.32 Å². The molecular formula is C17H18F2N2O3S2. The van der Waals surface area contributed by atoms with E-state index in [1.165, 1.54) is 17.0 Å². The molecule has 1 N–H and O–H groups in total. The zero-order valence-electron chi connectivity index (χ0n) is 14.1. The van der Waals surface area contributed by atoms with E-state index in [9.17, 15) is 22.0 Å². The lowest BCUT2D eigenvalue weighted by Gasteiger charge is -2.18. The standard InChI is InChI=1S/C17H18F2N2O3S2/c1-21(11-12-3-7-14(25-2)8-4-12)17(22)20-13-5-9-15(10-6-13)26(23,24)16(18)19/h3-10,16H,11H2,1-2H3,(H,20,22). The first-order valence-corrected chi connectivity index (χ1v) is 10.3. The number of sulfone groups is 1. The first-order valence-electron chi connectivity index (χ1n) is 7.51. The maximum absolute atomic E-state index is 12.5. The number of hydrogen-bond donors (Lipinski definition) is 1. The number of carbonyl (C=O) groups excluding carboxylic acids is 1. The molecule has 0 heterocycles. The van der Waals surface area contributed by atoms with Crippen molar-refractivity contribution in [2.24, 2.45) is 0 Å². The lowest BCUT2D eigenvalue weighted by Crippen LogP contribution is -2.30. The second kappa shape index (κ2) is 8.50. The van der Waals surface area contributed by atoms with Gasteiger partial charge in [0.2, 0.25) is 9.84 Å². The van der Waals surface area contributed by atoms with Crippen LogP contribution in [0.4, 0.5) is 19.3 Å². The minimum Gasteiger partial charge on any atom is -0.323 e. The van der Waals surface area contributed by atoms with Gasteiger partial charge in [0, 0.05) is 24.2 Å². The number of benzene rings is 2. The van der Waals surface area contributed by atoms with Gasteiger partial charge in [0.1, 0.15) is 0 Å². The minimum atomic E-state index is -4.64. The third-order valence-electron chi connectivity index (χ3n) is 3.59. The smallest absolute Gasteiger partial charge is 0.323 e. The van der Waals surface area contributed by atoms with Gasteiger partial charge in [-0.1, -0.05) is 12.1 Å².